The second-order valence-electron chi connectivity index (χ2n) is 5.80. The molecule has 1 saturated heterocycles. The summed E-state index contributed by atoms with van der Waals surface area (Å²) < 4.78 is 5.20. The number of nitrogens with zero attached hydrogens (tertiary/aromatic N) is 2. The number of carbonyl (C=O) groups is 1. The van der Waals surface area contributed by atoms with Crippen molar-refractivity contribution >= 4 is 6.03 Å². The summed E-state index contributed by atoms with van der Waals surface area (Å²) in [5.74, 6) is 0.832. The van der Waals surface area contributed by atoms with E-state index in [0.717, 1.165) is 42.0 Å². The van der Waals surface area contributed by atoms with Gasteiger partial charge in [-0.25, -0.2) is 4.79 Å². The van der Waals surface area contributed by atoms with Crippen LogP contribution in [-0.4, -0.2) is 34.8 Å². The molecule has 23 heavy (non-hydrogen) atoms. The molecule has 0 aliphatic carbocycles. The van der Waals surface area contributed by atoms with Gasteiger partial charge < -0.3 is 15.0 Å². The number of amides is 2. The van der Waals surface area contributed by atoms with Crippen LogP contribution in [0.5, 0.6) is 5.75 Å². The summed E-state index contributed by atoms with van der Waals surface area (Å²) in [6, 6.07) is 8.07. The number of aromatic nitrogens is 2. The van der Waals surface area contributed by atoms with Crippen molar-refractivity contribution in [1.29, 1.82) is 0 Å². The quantitative estimate of drug-likeness (QED) is 0.911. The number of likely N-dealkylation sites (tertiary alicyclic amines) is 1. The molecule has 1 atom stereocenters. The van der Waals surface area contributed by atoms with Gasteiger partial charge in [-0.3, -0.25) is 5.10 Å². The number of methoxy groups -OCH3 is 1. The van der Waals surface area contributed by atoms with Crippen LogP contribution in [0.4, 0.5) is 4.79 Å². The predicted molar refractivity (Wildman–Crippen MR) is 87.2 cm³/mol. The minimum atomic E-state index is -0.0241. The fourth-order valence-electron chi connectivity index (χ4n) is 3.01. The van der Waals surface area contributed by atoms with Gasteiger partial charge in [0.05, 0.1) is 19.3 Å². The molecule has 1 aromatic carbocycles. The molecule has 2 aromatic rings. The Balaban J connectivity index is 1.65. The summed E-state index contributed by atoms with van der Waals surface area (Å²) >= 11 is 0. The van der Waals surface area contributed by atoms with Gasteiger partial charge in [-0.05, 0) is 37.5 Å². The van der Waals surface area contributed by atoms with Crippen molar-refractivity contribution in [3.05, 3.63) is 47.3 Å². The topological polar surface area (TPSA) is 70.2 Å². The zero-order valence-electron chi connectivity index (χ0n) is 13.5. The van der Waals surface area contributed by atoms with Crippen molar-refractivity contribution in [2.45, 2.75) is 32.4 Å². The number of benzene rings is 1. The van der Waals surface area contributed by atoms with Crippen LogP contribution in [0, 0.1) is 6.92 Å². The van der Waals surface area contributed by atoms with Crippen molar-refractivity contribution in [3.8, 4) is 5.75 Å². The summed E-state index contributed by atoms with van der Waals surface area (Å²) in [5, 5.41) is 9.85. The van der Waals surface area contributed by atoms with E-state index in [-0.39, 0.29) is 12.1 Å². The molecule has 122 valence electrons. The van der Waals surface area contributed by atoms with Gasteiger partial charge in [-0.15, -0.1) is 0 Å². The van der Waals surface area contributed by atoms with E-state index in [9.17, 15) is 4.79 Å². The second-order valence-corrected chi connectivity index (χ2v) is 5.80. The number of H-pyrrole nitrogens is 1. The summed E-state index contributed by atoms with van der Waals surface area (Å²) in [6.45, 7) is 3.23. The number of rotatable bonds is 4. The zero-order valence-corrected chi connectivity index (χ0v) is 13.5. The minimum absolute atomic E-state index is 0.0241. The van der Waals surface area contributed by atoms with Gasteiger partial charge in [0, 0.05) is 24.3 Å². The molecule has 2 heterocycles. The zero-order chi connectivity index (χ0) is 16.2. The largest absolute Gasteiger partial charge is 0.497 e. The van der Waals surface area contributed by atoms with E-state index in [4.69, 9.17) is 4.74 Å². The molecule has 1 fully saturated rings. The molecule has 2 N–H and O–H groups in total. The predicted octanol–water partition coefficient (Wildman–Crippen LogP) is 2.77. The molecule has 0 bridgehead atoms. The molecule has 3 rings (SSSR count). The summed E-state index contributed by atoms with van der Waals surface area (Å²) in [5.41, 5.74) is 3.15. The number of hydrogen-bond acceptors (Lipinski definition) is 3. The van der Waals surface area contributed by atoms with E-state index >= 15 is 0 Å². The molecule has 6 nitrogen and oxygen atoms in total. The van der Waals surface area contributed by atoms with Crippen LogP contribution in [0.1, 0.15) is 35.7 Å². The average molecular weight is 314 g/mol. The lowest BCUT2D eigenvalue weighted by molar-refractivity contribution is 0.192. The van der Waals surface area contributed by atoms with Gasteiger partial charge in [-0.2, -0.15) is 5.10 Å². The first-order chi connectivity index (χ1) is 11.2. The highest BCUT2D eigenvalue weighted by molar-refractivity contribution is 5.75. The fourth-order valence-corrected chi connectivity index (χ4v) is 3.01. The third-order valence-electron chi connectivity index (χ3n) is 4.38. The van der Waals surface area contributed by atoms with E-state index in [1.54, 1.807) is 13.3 Å². The number of nitrogens with one attached hydrogen (secondary N) is 2. The molecule has 2 amide bonds. The summed E-state index contributed by atoms with van der Waals surface area (Å²) in [7, 11) is 1.65. The van der Waals surface area contributed by atoms with Gasteiger partial charge in [0.2, 0.25) is 0 Å². The Kier molecular flexibility index (Phi) is 4.50. The smallest absolute Gasteiger partial charge is 0.318 e. The molecule has 0 radical (unpaired) electrons. The van der Waals surface area contributed by atoms with E-state index < -0.39 is 0 Å². The van der Waals surface area contributed by atoms with Crippen molar-refractivity contribution < 1.29 is 9.53 Å². The van der Waals surface area contributed by atoms with Gasteiger partial charge in [-0.1, -0.05) is 12.1 Å². The number of hydrogen-bond donors (Lipinski definition) is 2. The summed E-state index contributed by atoms with van der Waals surface area (Å²) in [6.07, 6.45) is 3.76. The SMILES string of the molecule is COc1ccc(C2CCCN2C(=O)NCc2cn[nH]c2C)cc1. The van der Waals surface area contributed by atoms with Crippen molar-refractivity contribution in [3.63, 3.8) is 0 Å². The maximum atomic E-state index is 12.5. The maximum Gasteiger partial charge on any atom is 0.318 e. The van der Waals surface area contributed by atoms with E-state index in [1.165, 1.54) is 0 Å². The molecule has 1 aromatic heterocycles. The highest BCUT2D eigenvalue weighted by Crippen LogP contribution is 2.32. The normalized spacial score (nSPS) is 17.3. The maximum absolute atomic E-state index is 12.5. The first-order valence-electron chi connectivity index (χ1n) is 7.86. The van der Waals surface area contributed by atoms with Crippen LogP contribution in [-0.2, 0) is 6.54 Å². The standard InChI is InChI=1S/C17H22N4O2/c1-12-14(11-19-20-12)10-18-17(22)21-9-3-4-16(21)13-5-7-15(23-2)8-6-13/h5-8,11,16H,3-4,9-10H2,1-2H3,(H,18,22)(H,19,20). The van der Waals surface area contributed by atoms with Crippen molar-refractivity contribution in [1.82, 2.24) is 20.4 Å². The lowest BCUT2D eigenvalue weighted by atomic mass is 10.0. The molecular weight excluding hydrogens is 292 g/mol. The Labute approximate surface area is 135 Å². The van der Waals surface area contributed by atoms with Crippen LogP contribution < -0.4 is 10.1 Å². The minimum Gasteiger partial charge on any atom is -0.497 e. The molecule has 0 spiro atoms. The Bertz CT molecular complexity index is 665. The third-order valence-corrected chi connectivity index (χ3v) is 4.38. The lowest BCUT2D eigenvalue weighted by Crippen LogP contribution is -2.39. The van der Waals surface area contributed by atoms with Gasteiger partial charge in [0.1, 0.15) is 5.75 Å². The number of urea groups is 1. The lowest BCUT2D eigenvalue weighted by Gasteiger charge is -2.25. The molecule has 1 aliphatic rings. The van der Waals surface area contributed by atoms with Gasteiger partial charge in [0.25, 0.3) is 0 Å². The molecular formula is C17H22N4O2. The number of ether oxygens (including phenoxy) is 1. The Hall–Kier alpha value is -2.50. The Morgan fingerprint density at radius 1 is 1.43 bits per heavy atom. The van der Waals surface area contributed by atoms with Gasteiger partial charge >= 0.3 is 6.03 Å². The Morgan fingerprint density at radius 2 is 2.22 bits per heavy atom. The number of aryl methyl sites for hydroxylation is 1. The second kappa shape index (κ2) is 6.73. The van der Waals surface area contributed by atoms with E-state index in [1.807, 2.05) is 36.1 Å². The van der Waals surface area contributed by atoms with Crippen molar-refractivity contribution in [2.75, 3.05) is 13.7 Å². The first kappa shape index (κ1) is 15.4. The third kappa shape index (κ3) is 3.31. The highest BCUT2D eigenvalue weighted by atomic mass is 16.5. The van der Waals surface area contributed by atoms with E-state index in [0.29, 0.717) is 6.54 Å². The van der Waals surface area contributed by atoms with Crippen LogP contribution in [0.15, 0.2) is 30.5 Å². The number of carbonyl (C=O) groups excluding carboxylic acids is 1. The van der Waals surface area contributed by atoms with Crippen LogP contribution in [0.2, 0.25) is 0 Å². The first-order valence-corrected chi connectivity index (χ1v) is 7.86. The Morgan fingerprint density at radius 3 is 2.87 bits per heavy atom. The number of aromatic amines is 1. The van der Waals surface area contributed by atoms with Crippen LogP contribution >= 0.6 is 0 Å². The summed E-state index contributed by atoms with van der Waals surface area (Å²) in [4.78, 5) is 14.4. The monoisotopic (exact) mass is 314 g/mol. The van der Waals surface area contributed by atoms with E-state index in [2.05, 4.69) is 15.5 Å². The average Bonchev–Trinajstić information content (AvgIpc) is 3.22. The molecule has 1 aliphatic heterocycles. The van der Waals surface area contributed by atoms with Gasteiger partial charge in [0.15, 0.2) is 0 Å². The molecule has 0 saturated carbocycles. The van der Waals surface area contributed by atoms with Crippen LogP contribution in [0.3, 0.4) is 0 Å². The highest BCUT2D eigenvalue weighted by Gasteiger charge is 2.29. The van der Waals surface area contributed by atoms with Crippen LogP contribution in [0.25, 0.3) is 0 Å². The van der Waals surface area contributed by atoms with Crippen molar-refractivity contribution in [2.24, 2.45) is 0 Å². The molecule has 6 heteroatoms. The molecule has 1 unspecified atom stereocenters. The fraction of sp³-hybridized carbons (Fsp3) is 0.412.